The lowest BCUT2D eigenvalue weighted by Crippen LogP contribution is -2.14. The van der Waals surface area contributed by atoms with E-state index < -0.39 is 0 Å². The van der Waals surface area contributed by atoms with E-state index in [0.717, 1.165) is 41.3 Å². The first-order valence-electron chi connectivity index (χ1n) is 7.52. The number of hydrogen-bond donors (Lipinski definition) is 2. The van der Waals surface area contributed by atoms with E-state index in [4.69, 9.17) is 5.11 Å². The molecule has 0 bridgehead atoms. The summed E-state index contributed by atoms with van der Waals surface area (Å²) in [6, 6.07) is 12.4. The Kier molecular flexibility index (Phi) is 5.34. The molecule has 21 heavy (non-hydrogen) atoms. The number of hydrogen-bond acceptors (Lipinski definition) is 3. The van der Waals surface area contributed by atoms with E-state index in [1.54, 1.807) is 6.92 Å². The summed E-state index contributed by atoms with van der Waals surface area (Å²) < 4.78 is 0. The quantitative estimate of drug-likeness (QED) is 0.597. The molecule has 0 aliphatic rings. The van der Waals surface area contributed by atoms with E-state index in [1.165, 1.54) is 0 Å². The predicted octanol–water partition coefficient (Wildman–Crippen LogP) is 4.01. The first-order valence-corrected chi connectivity index (χ1v) is 7.52. The van der Waals surface area contributed by atoms with Gasteiger partial charge in [0.1, 0.15) is 0 Å². The van der Waals surface area contributed by atoms with Crippen LogP contribution in [0.2, 0.25) is 0 Å². The molecule has 0 saturated heterocycles. The Morgan fingerprint density at radius 1 is 1.14 bits per heavy atom. The van der Waals surface area contributed by atoms with Crippen molar-refractivity contribution in [2.45, 2.75) is 39.2 Å². The zero-order chi connectivity index (χ0) is 15.2. The molecule has 0 radical (unpaired) electrons. The number of rotatable bonds is 7. The first kappa shape index (κ1) is 15.5. The summed E-state index contributed by atoms with van der Waals surface area (Å²) >= 11 is 0. The van der Waals surface area contributed by atoms with Gasteiger partial charge >= 0.3 is 0 Å². The minimum Gasteiger partial charge on any atom is -0.396 e. The Bertz CT molecular complexity index is 622. The highest BCUT2D eigenvalue weighted by molar-refractivity contribution is 5.99. The second-order valence-electron chi connectivity index (χ2n) is 5.60. The van der Waals surface area contributed by atoms with Gasteiger partial charge in [0.15, 0.2) is 5.78 Å². The van der Waals surface area contributed by atoms with Crippen molar-refractivity contribution in [3.05, 3.63) is 42.0 Å². The van der Waals surface area contributed by atoms with E-state index in [-0.39, 0.29) is 12.4 Å². The number of ketones is 1. The predicted molar refractivity (Wildman–Crippen MR) is 88.0 cm³/mol. The topological polar surface area (TPSA) is 49.3 Å². The fourth-order valence-corrected chi connectivity index (χ4v) is 2.47. The monoisotopic (exact) mass is 285 g/mol. The van der Waals surface area contributed by atoms with Crippen LogP contribution in [0.25, 0.3) is 10.8 Å². The van der Waals surface area contributed by atoms with Gasteiger partial charge in [-0.25, -0.2) is 0 Å². The summed E-state index contributed by atoms with van der Waals surface area (Å²) in [4.78, 5) is 11.4. The van der Waals surface area contributed by atoms with E-state index in [2.05, 4.69) is 24.4 Å². The van der Waals surface area contributed by atoms with E-state index >= 15 is 0 Å². The highest BCUT2D eigenvalue weighted by Crippen LogP contribution is 2.22. The summed E-state index contributed by atoms with van der Waals surface area (Å²) in [5, 5.41) is 14.5. The smallest absolute Gasteiger partial charge is 0.159 e. The fraction of sp³-hybridized carbons (Fsp3) is 0.389. The second kappa shape index (κ2) is 7.23. The van der Waals surface area contributed by atoms with Gasteiger partial charge in [-0.1, -0.05) is 18.2 Å². The molecule has 0 amide bonds. The molecule has 2 aromatic rings. The molecule has 2 N–H and O–H groups in total. The van der Waals surface area contributed by atoms with E-state index in [1.807, 2.05) is 24.3 Å². The van der Waals surface area contributed by atoms with Crippen LogP contribution in [-0.2, 0) is 0 Å². The van der Waals surface area contributed by atoms with Crippen molar-refractivity contribution >= 4 is 22.2 Å². The number of benzene rings is 2. The summed E-state index contributed by atoms with van der Waals surface area (Å²) in [6.45, 7) is 4.01. The SMILES string of the molecule is CC(=O)c1ccc2cc(NC(C)CCCCO)ccc2c1. The number of unbranched alkanes of at least 4 members (excludes halogenated alkanes) is 1. The van der Waals surface area contributed by atoms with Crippen LogP contribution in [-0.4, -0.2) is 23.5 Å². The van der Waals surface area contributed by atoms with Gasteiger partial charge in [-0.2, -0.15) is 0 Å². The highest BCUT2D eigenvalue weighted by Gasteiger charge is 2.04. The standard InChI is InChI=1S/C18H23NO2/c1-13(5-3-4-10-20)19-18-9-8-16-11-15(14(2)21)6-7-17(16)12-18/h6-9,11-13,19-20H,3-5,10H2,1-2H3. The summed E-state index contributed by atoms with van der Waals surface area (Å²) in [5.74, 6) is 0.0941. The highest BCUT2D eigenvalue weighted by atomic mass is 16.2. The number of carbonyl (C=O) groups is 1. The van der Waals surface area contributed by atoms with Crippen molar-refractivity contribution in [2.24, 2.45) is 0 Å². The van der Waals surface area contributed by atoms with Crippen molar-refractivity contribution in [3.63, 3.8) is 0 Å². The molecule has 0 spiro atoms. The lowest BCUT2D eigenvalue weighted by molar-refractivity contribution is 0.101. The van der Waals surface area contributed by atoms with Crippen LogP contribution < -0.4 is 5.32 Å². The van der Waals surface area contributed by atoms with E-state index in [9.17, 15) is 4.79 Å². The maximum absolute atomic E-state index is 11.4. The Morgan fingerprint density at radius 3 is 2.57 bits per heavy atom. The van der Waals surface area contributed by atoms with Crippen LogP contribution in [0.3, 0.4) is 0 Å². The van der Waals surface area contributed by atoms with Gasteiger partial charge in [-0.05, 0) is 62.1 Å². The molecule has 1 unspecified atom stereocenters. The van der Waals surface area contributed by atoms with Gasteiger partial charge in [0.25, 0.3) is 0 Å². The molecule has 3 heteroatoms. The lowest BCUT2D eigenvalue weighted by atomic mass is 10.0. The number of nitrogens with one attached hydrogen (secondary N) is 1. The van der Waals surface area contributed by atoms with Gasteiger partial charge in [0.05, 0.1) is 0 Å². The maximum atomic E-state index is 11.4. The van der Waals surface area contributed by atoms with Crippen LogP contribution in [0.1, 0.15) is 43.5 Å². The zero-order valence-electron chi connectivity index (χ0n) is 12.7. The number of carbonyl (C=O) groups excluding carboxylic acids is 1. The van der Waals surface area contributed by atoms with Crippen molar-refractivity contribution in [1.82, 2.24) is 0 Å². The maximum Gasteiger partial charge on any atom is 0.159 e. The molecule has 0 heterocycles. The summed E-state index contributed by atoms with van der Waals surface area (Å²) in [7, 11) is 0. The third-order valence-electron chi connectivity index (χ3n) is 3.71. The van der Waals surface area contributed by atoms with Crippen molar-refractivity contribution in [1.29, 1.82) is 0 Å². The number of aliphatic hydroxyl groups excluding tert-OH is 1. The summed E-state index contributed by atoms with van der Waals surface area (Å²) in [5.41, 5.74) is 1.84. The third-order valence-corrected chi connectivity index (χ3v) is 3.71. The van der Waals surface area contributed by atoms with Crippen molar-refractivity contribution in [2.75, 3.05) is 11.9 Å². The molecular weight excluding hydrogens is 262 g/mol. The van der Waals surface area contributed by atoms with Crippen LogP contribution in [0.4, 0.5) is 5.69 Å². The normalized spacial score (nSPS) is 12.3. The van der Waals surface area contributed by atoms with Crippen LogP contribution in [0.15, 0.2) is 36.4 Å². The minimum absolute atomic E-state index is 0.0941. The molecule has 0 aliphatic heterocycles. The number of aliphatic hydroxyl groups is 1. The number of Topliss-reactive ketones (excluding diaryl/α,β-unsaturated/α-hetero) is 1. The fourth-order valence-electron chi connectivity index (χ4n) is 2.47. The van der Waals surface area contributed by atoms with Crippen molar-refractivity contribution < 1.29 is 9.90 Å². The van der Waals surface area contributed by atoms with Crippen molar-refractivity contribution in [3.8, 4) is 0 Å². The largest absolute Gasteiger partial charge is 0.396 e. The van der Waals surface area contributed by atoms with Crippen LogP contribution >= 0.6 is 0 Å². The third kappa shape index (κ3) is 4.30. The van der Waals surface area contributed by atoms with Gasteiger partial charge < -0.3 is 10.4 Å². The van der Waals surface area contributed by atoms with Gasteiger partial charge in [0.2, 0.25) is 0 Å². The Labute approximate surface area is 126 Å². The molecule has 3 nitrogen and oxygen atoms in total. The average molecular weight is 285 g/mol. The van der Waals surface area contributed by atoms with Crippen LogP contribution in [0, 0.1) is 0 Å². The lowest BCUT2D eigenvalue weighted by Gasteiger charge is -2.15. The molecule has 1 atom stereocenters. The van der Waals surface area contributed by atoms with Gasteiger partial charge in [-0.3, -0.25) is 4.79 Å². The van der Waals surface area contributed by atoms with Crippen LogP contribution in [0.5, 0.6) is 0 Å². The minimum atomic E-state index is 0.0941. The Morgan fingerprint density at radius 2 is 1.86 bits per heavy atom. The zero-order valence-corrected chi connectivity index (χ0v) is 12.7. The van der Waals surface area contributed by atoms with Gasteiger partial charge in [-0.15, -0.1) is 0 Å². The Hall–Kier alpha value is -1.87. The second-order valence-corrected chi connectivity index (χ2v) is 5.60. The van der Waals surface area contributed by atoms with E-state index in [0.29, 0.717) is 6.04 Å². The molecule has 0 aromatic heterocycles. The summed E-state index contributed by atoms with van der Waals surface area (Å²) in [6.07, 6.45) is 2.93. The molecule has 112 valence electrons. The molecule has 2 rings (SSSR count). The average Bonchev–Trinajstić information content (AvgIpc) is 2.46. The molecule has 2 aromatic carbocycles. The van der Waals surface area contributed by atoms with Gasteiger partial charge in [0, 0.05) is 23.9 Å². The molecule has 0 saturated carbocycles. The first-order chi connectivity index (χ1) is 10.1. The molecular formula is C18H23NO2. The number of fused-ring (bicyclic) bond motifs is 1. The molecule has 0 aliphatic carbocycles. The Balaban J connectivity index is 2.08. The number of anilines is 1. The molecule has 0 fully saturated rings.